The number of nitrogens with one attached hydrogen (secondary N) is 1. The highest BCUT2D eigenvalue weighted by molar-refractivity contribution is 5.08. The molecule has 0 radical (unpaired) electrons. The Morgan fingerprint density at radius 1 is 1.67 bits per heavy atom. The van der Waals surface area contributed by atoms with Gasteiger partial charge in [-0.2, -0.15) is 0 Å². The van der Waals surface area contributed by atoms with Crippen LogP contribution in [0.15, 0.2) is 28.9 Å². The van der Waals surface area contributed by atoms with Crippen LogP contribution in [0.4, 0.5) is 0 Å². The van der Waals surface area contributed by atoms with Crippen LogP contribution in [0.3, 0.4) is 0 Å². The standard InChI is InChI=1S/C12H18N2O/c1-9(2)3-4-10-7-13-8-11(10)12-5-6-14-15-12/h5-6,10-11,13H,1,3-4,7-8H2,2H3. The Morgan fingerprint density at radius 3 is 3.20 bits per heavy atom. The van der Waals surface area contributed by atoms with Gasteiger partial charge in [-0.25, -0.2) is 0 Å². The molecule has 2 heterocycles. The topological polar surface area (TPSA) is 38.1 Å². The zero-order valence-electron chi connectivity index (χ0n) is 9.20. The second kappa shape index (κ2) is 4.62. The van der Waals surface area contributed by atoms with Gasteiger partial charge >= 0.3 is 0 Å². The van der Waals surface area contributed by atoms with Crippen molar-refractivity contribution >= 4 is 0 Å². The Labute approximate surface area is 90.5 Å². The van der Waals surface area contributed by atoms with E-state index >= 15 is 0 Å². The molecule has 1 aliphatic heterocycles. The molecule has 1 aromatic rings. The highest BCUT2D eigenvalue weighted by atomic mass is 16.5. The van der Waals surface area contributed by atoms with E-state index in [9.17, 15) is 0 Å². The van der Waals surface area contributed by atoms with Crippen LogP contribution in [0.5, 0.6) is 0 Å². The zero-order chi connectivity index (χ0) is 10.7. The van der Waals surface area contributed by atoms with E-state index in [-0.39, 0.29) is 0 Å². The number of nitrogens with zero attached hydrogens (tertiary/aromatic N) is 1. The lowest BCUT2D eigenvalue weighted by Gasteiger charge is -2.15. The third kappa shape index (κ3) is 2.48. The van der Waals surface area contributed by atoms with Crippen molar-refractivity contribution in [3.8, 4) is 0 Å². The van der Waals surface area contributed by atoms with Gasteiger partial charge in [-0.1, -0.05) is 10.7 Å². The molecule has 2 atom stereocenters. The summed E-state index contributed by atoms with van der Waals surface area (Å²) in [5.41, 5.74) is 1.26. The Kier molecular flexibility index (Phi) is 3.21. The molecule has 3 nitrogen and oxygen atoms in total. The maximum absolute atomic E-state index is 5.24. The van der Waals surface area contributed by atoms with Crippen LogP contribution in [0.25, 0.3) is 0 Å². The van der Waals surface area contributed by atoms with Crippen molar-refractivity contribution in [2.24, 2.45) is 5.92 Å². The van der Waals surface area contributed by atoms with Gasteiger partial charge in [0.2, 0.25) is 0 Å². The van der Waals surface area contributed by atoms with Gasteiger partial charge in [0, 0.05) is 18.5 Å². The zero-order valence-corrected chi connectivity index (χ0v) is 9.20. The summed E-state index contributed by atoms with van der Waals surface area (Å²) >= 11 is 0. The lowest BCUT2D eigenvalue weighted by Crippen LogP contribution is -2.10. The number of aromatic nitrogens is 1. The average Bonchev–Trinajstić information content (AvgIpc) is 2.85. The monoisotopic (exact) mass is 206 g/mol. The summed E-state index contributed by atoms with van der Waals surface area (Å²) in [6, 6.07) is 1.98. The molecule has 1 saturated heterocycles. The van der Waals surface area contributed by atoms with Crippen LogP contribution in [-0.4, -0.2) is 18.2 Å². The smallest absolute Gasteiger partial charge is 0.141 e. The second-order valence-corrected chi connectivity index (χ2v) is 4.44. The first kappa shape index (κ1) is 10.4. The van der Waals surface area contributed by atoms with Gasteiger partial charge < -0.3 is 9.84 Å². The molecule has 0 saturated carbocycles. The van der Waals surface area contributed by atoms with Gasteiger partial charge in [-0.3, -0.25) is 0 Å². The van der Waals surface area contributed by atoms with E-state index in [0.717, 1.165) is 25.3 Å². The molecular formula is C12H18N2O. The molecule has 2 rings (SSSR count). The van der Waals surface area contributed by atoms with Crippen molar-refractivity contribution in [3.63, 3.8) is 0 Å². The third-order valence-electron chi connectivity index (χ3n) is 3.10. The molecule has 3 heteroatoms. The maximum atomic E-state index is 5.24. The van der Waals surface area contributed by atoms with Crippen LogP contribution >= 0.6 is 0 Å². The highest BCUT2D eigenvalue weighted by Gasteiger charge is 2.30. The molecule has 0 aromatic carbocycles. The molecule has 1 aromatic heterocycles. The first-order valence-electron chi connectivity index (χ1n) is 5.53. The first-order valence-corrected chi connectivity index (χ1v) is 5.53. The van der Waals surface area contributed by atoms with Gasteiger partial charge in [-0.05, 0) is 32.2 Å². The van der Waals surface area contributed by atoms with Gasteiger partial charge in [0.15, 0.2) is 0 Å². The Morgan fingerprint density at radius 2 is 2.53 bits per heavy atom. The Bertz CT molecular complexity index is 318. The minimum Gasteiger partial charge on any atom is -0.361 e. The molecule has 0 amide bonds. The molecule has 1 N–H and O–H groups in total. The van der Waals surface area contributed by atoms with Crippen LogP contribution in [0.2, 0.25) is 0 Å². The van der Waals surface area contributed by atoms with Crippen molar-refractivity contribution in [2.75, 3.05) is 13.1 Å². The molecule has 1 aliphatic rings. The van der Waals surface area contributed by atoms with E-state index in [1.54, 1.807) is 6.20 Å². The summed E-state index contributed by atoms with van der Waals surface area (Å²) in [5, 5.41) is 7.19. The quantitative estimate of drug-likeness (QED) is 0.768. The van der Waals surface area contributed by atoms with E-state index < -0.39 is 0 Å². The number of hydrogen-bond acceptors (Lipinski definition) is 3. The fourth-order valence-electron chi connectivity index (χ4n) is 2.22. The summed E-state index contributed by atoms with van der Waals surface area (Å²) in [5.74, 6) is 2.17. The average molecular weight is 206 g/mol. The largest absolute Gasteiger partial charge is 0.361 e. The Balaban J connectivity index is 1.96. The molecule has 0 spiro atoms. The molecule has 0 bridgehead atoms. The van der Waals surface area contributed by atoms with E-state index in [1.165, 1.54) is 12.0 Å². The Hall–Kier alpha value is -1.09. The maximum Gasteiger partial charge on any atom is 0.141 e. The molecule has 0 aliphatic carbocycles. The SMILES string of the molecule is C=C(C)CCC1CNCC1c1ccno1. The summed E-state index contributed by atoms with van der Waals surface area (Å²) in [6.45, 7) is 8.13. The van der Waals surface area contributed by atoms with E-state index in [2.05, 4.69) is 24.0 Å². The van der Waals surface area contributed by atoms with E-state index in [4.69, 9.17) is 4.52 Å². The van der Waals surface area contributed by atoms with Gasteiger partial charge in [0.1, 0.15) is 5.76 Å². The van der Waals surface area contributed by atoms with Crippen molar-refractivity contribution in [3.05, 3.63) is 30.2 Å². The lowest BCUT2D eigenvalue weighted by molar-refractivity contribution is 0.334. The summed E-state index contributed by atoms with van der Waals surface area (Å²) in [6.07, 6.45) is 4.02. The molecular weight excluding hydrogens is 188 g/mol. The summed E-state index contributed by atoms with van der Waals surface area (Å²) in [7, 11) is 0. The van der Waals surface area contributed by atoms with Crippen LogP contribution in [0, 0.1) is 5.92 Å². The fourth-order valence-corrected chi connectivity index (χ4v) is 2.22. The number of rotatable bonds is 4. The van der Waals surface area contributed by atoms with Gasteiger partial charge in [-0.15, -0.1) is 6.58 Å². The minimum atomic E-state index is 0.492. The van der Waals surface area contributed by atoms with Crippen LogP contribution in [0.1, 0.15) is 31.4 Å². The van der Waals surface area contributed by atoms with Gasteiger partial charge in [0.05, 0.1) is 6.20 Å². The molecule has 82 valence electrons. The molecule has 15 heavy (non-hydrogen) atoms. The van der Waals surface area contributed by atoms with E-state index in [0.29, 0.717) is 11.8 Å². The number of allylic oxidation sites excluding steroid dienone is 1. The first-order chi connectivity index (χ1) is 7.27. The lowest BCUT2D eigenvalue weighted by atomic mass is 9.89. The molecule has 2 unspecified atom stereocenters. The van der Waals surface area contributed by atoms with Crippen molar-refractivity contribution in [1.82, 2.24) is 10.5 Å². The van der Waals surface area contributed by atoms with Crippen molar-refractivity contribution < 1.29 is 4.52 Å². The second-order valence-electron chi connectivity index (χ2n) is 4.44. The summed E-state index contributed by atoms with van der Waals surface area (Å²) in [4.78, 5) is 0. The van der Waals surface area contributed by atoms with Gasteiger partial charge in [0.25, 0.3) is 0 Å². The van der Waals surface area contributed by atoms with E-state index in [1.807, 2.05) is 6.07 Å². The number of hydrogen-bond donors (Lipinski definition) is 1. The predicted octanol–water partition coefficient (Wildman–Crippen LogP) is 2.33. The fraction of sp³-hybridized carbons (Fsp3) is 0.583. The normalized spacial score (nSPS) is 25.7. The van der Waals surface area contributed by atoms with Crippen molar-refractivity contribution in [1.29, 1.82) is 0 Å². The molecule has 1 fully saturated rings. The summed E-state index contributed by atoms with van der Waals surface area (Å²) < 4.78 is 5.24. The highest BCUT2D eigenvalue weighted by Crippen LogP contribution is 2.31. The van der Waals surface area contributed by atoms with Crippen molar-refractivity contribution in [2.45, 2.75) is 25.7 Å². The van der Waals surface area contributed by atoms with Crippen LogP contribution in [-0.2, 0) is 0 Å². The van der Waals surface area contributed by atoms with Crippen LogP contribution < -0.4 is 5.32 Å². The minimum absolute atomic E-state index is 0.492. The third-order valence-corrected chi connectivity index (χ3v) is 3.10. The predicted molar refractivity (Wildman–Crippen MR) is 59.7 cm³/mol.